The highest BCUT2D eigenvalue weighted by Gasteiger charge is 2.21. The van der Waals surface area contributed by atoms with E-state index in [0.717, 1.165) is 66.5 Å². The van der Waals surface area contributed by atoms with Gasteiger partial charge in [0.05, 0.1) is 39.7 Å². The second-order valence-electron chi connectivity index (χ2n) is 12.0. The van der Waals surface area contributed by atoms with E-state index < -0.39 is 0 Å². The molecule has 6 heteroatoms. The zero-order valence-corrected chi connectivity index (χ0v) is 28.0. The Hall–Kier alpha value is -6.18. The van der Waals surface area contributed by atoms with Crippen molar-refractivity contribution in [1.82, 2.24) is 15.3 Å². The maximum absolute atomic E-state index is 8.16. The summed E-state index contributed by atoms with van der Waals surface area (Å²) in [7, 11) is 0. The van der Waals surface area contributed by atoms with Crippen LogP contribution < -0.4 is 6.15 Å². The monoisotopic (exact) mass is 666 g/mol. The molecule has 0 fully saturated rings. The van der Waals surface area contributed by atoms with Crippen LogP contribution >= 0.6 is 9.90 Å². The standard InChI is InChI=1S/C43H25N3O.CH4.H3N.H3P/c1-44-35-16-10-15-29(42(35)46-37-18-7-2-11-30(37)31-12-3-8-19-38(31)46)27-21-23-28(24-22-27)45-36-17-6-4-13-32(36)33-25-26-40-41(43(33)45)34-14-5-9-20-39(34)47-40;;;/h2-26H;1H4;2*1H3. The minimum absolute atomic E-state index is 0. The number of nitrogens with zero attached hydrogens (tertiary/aromatic N) is 3. The fraction of sp³-hybridized carbons (Fsp3) is 0.0227. The first-order valence-corrected chi connectivity index (χ1v) is 15.7. The van der Waals surface area contributed by atoms with E-state index in [9.17, 15) is 0 Å². The molecule has 1 atom stereocenters. The molecule has 0 saturated carbocycles. The first-order chi connectivity index (χ1) is 23.3. The molecule has 7 aromatic carbocycles. The van der Waals surface area contributed by atoms with Gasteiger partial charge < -0.3 is 19.7 Å². The lowest BCUT2D eigenvalue weighted by Crippen LogP contribution is -1.98. The smallest absolute Gasteiger partial charge is 0.211 e. The van der Waals surface area contributed by atoms with Crippen LogP contribution in [0.15, 0.2) is 156 Å². The highest BCUT2D eigenvalue weighted by molar-refractivity contribution is 6.92. The first kappa shape index (κ1) is 32.4. The second kappa shape index (κ2) is 12.4. The summed E-state index contributed by atoms with van der Waals surface area (Å²) in [5, 5.41) is 6.99. The third-order valence-electron chi connectivity index (χ3n) is 9.55. The quantitative estimate of drug-likeness (QED) is 0.151. The number of benzene rings is 7. The van der Waals surface area contributed by atoms with Gasteiger partial charge in [0.2, 0.25) is 5.69 Å². The van der Waals surface area contributed by atoms with Crippen molar-refractivity contribution in [3.05, 3.63) is 163 Å². The summed E-state index contributed by atoms with van der Waals surface area (Å²) in [6, 6.07) is 52.9. The molecule has 3 aromatic heterocycles. The van der Waals surface area contributed by atoms with Crippen molar-refractivity contribution in [2.45, 2.75) is 7.43 Å². The van der Waals surface area contributed by atoms with Crippen LogP contribution in [-0.2, 0) is 0 Å². The van der Waals surface area contributed by atoms with Gasteiger partial charge >= 0.3 is 0 Å². The lowest BCUT2D eigenvalue weighted by Gasteiger charge is -2.17. The van der Waals surface area contributed by atoms with E-state index in [0.29, 0.717) is 5.69 Å². The number of rotatable bonds is 3. The maximum atomic E-state index is 8.16. The molecule has 50 heavy (non-hydrogen) atoms. The van der Waals surface area contributed by atoms with Gasteiger partial charge in [0, 0.05) is 32.6 Å². The molecule has 0 aliphatic carbocycles. The van der Waals surface area contributed by atoms with Crippen LogP contribution in [-0.4, -0.2) is 9.13 Å². The average Bonchev–Trinajstić information content (AvgIpc) is 3.79. The molecule has 0 aliphatic rings. The van der Waals surface area contributed by atoms with Gasteiger partial charge in [-0.2, -0.15) is 9.90 Å². The van der Waals surface area contributed by atoms with Gasteiger partial charge in [0.25, 0.3) is 0 Å². The summed E-state index contributed by atoms with van der Waals surface area (Å²) in [6.07, 6.45) is 0. The molecule has 0 radical (unpaired) electrons. The average molecular weight is 667 g/mol. The fourth-order valence-electron chi connectivity index (χ4n) is 7.58. The Bertz CT molecular complexity index is 2870. The van der Waals surface area contributed by atoms with Crippen molar-refractivity contribution in [1.29, 1.82) is 0 Å². The van der Waals surface area contributed by atoms with E-state index in [1.807, 2.05) is 24.3 Å². The number of hydrogen-bond donors (Lipinski definition) is 1. The summed E-state index contributed by atoms with van der Waals surface area (Å²) in [4.78, 5) is 4.02. The normalized spacial score (nSPS) is 11.1. The lowest BCUT2D eigenvalue weighted by atomic mass is 10.0. The lowest BCUT2D eigenvalue weighted by molar-refractivity contribution is 0.669. The molecule has 5 nitrogen and oxygen atoms in total. The summed E-state index contributed by atoms with van der Waals surface area (Å²) in [6.45, 7) is 8.16. The number of fused-ring (bicyclic) bond motifs is 10. The van der Waals surface area contributed by atoms with Crippen LogP contribution in [0.2, 0.25) is 0 Å². The highest BCUT2D eigenvalue weighted by atomic mass is 31.0. The minimum Gasteiger partial charge on any atom is -0.456 e. The van der Waals surface area contributed by atoms with Crippen molar-refractivity contribution in [2.75, 3.05) is 0 Å². The van der Waals surface area contributed by atoms with Gasteiger partial charge in [-0.15, -0.1) is 0 Å². The number of hydrogen-bond acceptors (Lipinski definition) is 2. The minimum atomic E-state index is 0. The largest absolute Gasteiger partial charge is 0.456 e. The van der Waals surface area contributed by atoms with Crippen LogP contribution in [0.3, 0.4) is 0 Å². The molecule has 10 aromatic rings. The van der Waals surface area contributed by atoms with Crippen LogP contribution in [0.5, 0.6) is 0 Å². The zero-order chi connectivity index (χ0) is 31.1. The van der Waals surface area contributed by atoms with Crippen molar-refractivity contribution in [3.63, 3.8) is 0 Å². The Morgan fingerprint density at radius 2 is 1.06 bits per heavy atom. The molecular formula is C44H35N4OP. The van der Waals surface area contributed by atoms with Gasteiger partial charge in [0.1, 0.15) is 11.2 Å². The van der Waals surface area contributed by atoms with Gasteiger partial charge in [-0.05, 0) is 59.7 Å². The molecule has 0 saturated heterocycles. The maximum Gasteiger partial charge on any atom is 0.211 e. The summed E-state index contributed by atoms with van der Waals surface area (Å²) < 4.78 is 10.9. The molecule has 10 rings (SSSR count). The topological polar surface area (TPSA) is 62.4 Å². The molecule has 3 N–H and O–H groups in total. The summed E-state index contributed by atoms with van der Waals surface area (Å²) >= 11 is 0. The van der Waals surface area contributed by atoms with Gasteiger partial charge in [-0.1, -0.05) is 111 Å². The van der Waals surface area contributed by atoms with Crippen molar-refractivity contribution >= 4 is 81.1 Å². The van der Waals surface area contributed by atoms with Crippen molar-refractivity contribution < 1.29 is 4.42 Å². The molecule has 0 spiro atoms. The SMILES string of the molecule is C.N.P.[C-]#[N+]c1cccc(-c2ccc(-n3c4ccccc4c4ccc5oc6ccccc6c5c43)cc2)c1-n1c2ccccc2c2ccccc21. The van der Waals surface area contributed by atoms with E-state index >= 15 is 0 Å². The Kier molecular flexibility index (Phi) is 8.01. The molecule has 0 bridgehead atoms. The number of para-hydroxylation sites is 5. The molecule has 3 heterocycles. The predicted molar refractivity (Wildman–Crippen MR) is 217 cm³/mol. The van der Waals surface area contributed by atoms with Crippen LogP contribution in [0.1, 0.15) is 7.43 Å². The summed E-state index contributed by atoms with van der Waals surface area (Å²) in [5.41, 5.74) is 10.9. The van der Waals surface area contributed by atoms with Gasteiger partial charge in [-0.25, -0.2) is 4.85 Å². The Morgan fingerprint density at radius 1 is 0.500 bits per heavy atom. The van der Waals surface area contributed by atoms with Crippen LogP contribution in [0.25, 0.3) is 92.9 Å². The molecule has 0 aliphatic heterocycles. The molecule has 0 amide bonds. The van der Waals surface area contributed by atoms with E-state index in [4.69, 9.17) is 11.0 Å². The van der Waals surface area contributed by atoms with Gasteiger partial charge in [-0.3, -0.25) is 0 Å². The third-order valence-corrected chi connectivity index (χ3v) is 9.55. The second-order valence-corrected chi connectivity index (χ2v) is 12.0. The number of furan rings is 1. The van der Waals surface area contributed by atoms with E-state index in [-0.39, 0.29) is 23.5 Å². The van der Waals surface area contributed by atoms with Crippen molar-refractivity contribution in [3.8, 4) is 22.5 Å². The van der Waals surface area contributed by atoms with E-state index in [1.54, 1.807) is 0 Å². The Morgan fingerprint density at radius 3 is 1.70 bits per heavy atom. The van der Waals surface area contributed by atoms with Crippen LogP contribution in [0, 0.1) is 6.57 Å². The highest BCUT2D eigenvalue weighted by Crippen LogP contribution is 2.43. The molecule has 242 valence electrons. The number of aromatic nitrogens is 2. The third kappa shape index (κ3) is 4.47. The zero-order valence-electron chi connectivity index (χ0n) is 26.6. The fourth-order valence-corrected chi connectivity index (χ4v) is 7.58. The Balaban J connectivity index is 0.00000131. The first-order valence-electron chi connectivity index (χ1n) is 15.7. The predicted octanol–water partition coefficient (Wildman–Crippen LogP) is 12.9. The molecule has 1 unspecified atom stereocenters. The Labute approximate surface area is 293 Å². The van der Waals surface area contributed by atoms with Crippen molar-refractivity contribution in [2.24, 2.45) is 0 Å². The van der Waals surface area contributed by atoms with Crippen LogP contribution in [0.4, 0.5) is 5.69 Å². The van der Waals surface area contributed by atoms with Gasteiger partial charge in [0.15, 0.2) is 0 Å². The van der Waals surface area contributed by atoms with E-state index in [1.165, 1.54) is 21.5 Å². The molecular weight excluding hydrogens is 631 g/mol. The van der Waals surface area contributed by atoms with E-state index in [2.05, 4.69) is 141 Å². The summed E-state index contributed by atoms with van der Waals surface area (Å²) in [5.74, 6) is 0.